The zero-order valence-corrected chi connectivity index (χ0v) is 23.8. The molecule has 2 rings (SSSR count). The minimum absolute atomic E-state index is 0. The van der Waals surface area contributed by atoms with E-state index in [1.54, 1.807) is 0 Å². The Morgan fingerprint density at radius 1 is 0.684 bits per heavy atom. The molecule has 216 valence electrons. The standard InChI is InChI=1S/2C14H20O4.2H3N/c2*1-11-6-5-9-14(2,10-11)18-13(17)8-4-3-7-12(15)16;;/h2*5-6,9H,3-4,7-8,10H2,1-2H3,(H,15,16);2*1H3. The number of rotatable bonds is 12. The number of carboxylic acids is 2. The van der Waals surface area contributed by atoms with E-state index in [0.29, 0.717) is 38.5 Å². The van der Waals surface area contributed by atoms with Crippen molar-refractivity contribution in [3.63, 3.8) is 0 Å². The van der Waals surface area contributed by atoms with Gasteiger partial charge in [0.15, 0.2) is 0 Å². The van der Waals surface area contributed by atoms with Crippen molar-refractivity contribution in [2.24, 2.45) is 0 Å². The first-order valence-corrected chi connectivity index (χ1v) is 12.4. The van der Waals surface area contributed by atoms with Gasteiger partial charge in [0.2, 0.25) is 0 Å². The zero-order chi connectivity index (χ0) is 27.2. The van der Waals surface area contributed by atoms with Gasteiger partial charge in [0.1, 0.15) is 11.2 Å². The van der Waals surface area contributed by atoms with E-state index in [1.807, 2.05) is 64.2 Å². The van der Waals surface area contributed by atoms with Crippen LogP contribution in [0.3, 0.4) is 0 Å². The second kappa shape index (κ2) is 18.1. The number of hydrogen-bond acceptors (Lipinski definition) is 8. The summed E-state index contributed by atoms with van der Waals surface area (Å²) in [5.74, 6) is -2.72. The lowest BCUT2D eigenvalue weighted by Gasteiger charge is -2.28. The predicted molar refractivity (Wildman–Crippen MR) is 143 cm³/mol. The maximum Gasteiger partial charge on any atom is 0.306 e. The van der Waals surface area contributed by atoms with Crippen molar-refractivity contribution in [3.05, 3.63) is 47.6 Å². The summed E-state index contributed by atoms with van der Waals surface area (Å²) in [5.41, 5.74) is 1.21. The third-order valence-corrected chi connectivity index (χ3v) is 5.64. The van der Waals surface area contributed by atoms with Crippen molar-refractivity contribution >= 4 is 23.9 Å². The maximum atomic E-state index is 11.6. The number of carboxylic acid groups (broad SMARTS) is 2. The lowest BCUT2D eigenvalue weighted by atomic mass is 9.92. The van der Waals surface area contributed by atoms with E-state index in [0.717, 1.165) is 0 Å². The van der Waals surface area contributed by atoms with Gasteiger partial charge in [-0.1, -0.05) is 35.5 Å². The van der Waals surface area contributed by atoms with Gasteiger partial charge < -0.3 is 41.6 Å². The van der Waals surface area contributed by atoms with Crippen LogP contribution in [0.25, 0.3) is 0 Å². The van der Waals surface area contributed by atoms with Crippen LogP contribution in [-0.4, -0.2) is 35.1 Å². The number of carbonyl (C=O) groups excluding carboxylic acids is 4. The fraction of sp³-hybridized carbons (Fsp3) is 0.571. The molecule has 0 aromatic heterocycles. The van der Waals surface area contributed by atoms with Crippen molar-refractivity contribution in [1.29, 1.82) is 0 Å². The summed E-state index contributed by atoms with van der Waals surface area (Å²) in [4.78, 5) is 43.7. The van der Waals surface area contributed by atoms with Gasteiger partial charge in [0, 0.05) is 37.6 Å². The SMILES string of the molecule is CC1=CC=CC(C)(OC(=O)CCCCC(=O)[O-])C1.CC1=CC=CC(C)(OC(=O)CCCCC(=O)[O-])C1.[NH4+].[NH4+]. The van der Waals surface area contributed by atoms with Crippen LogP contribution in [0.4, 0.5) is 0 Å². The number of carbonyl (C=O) groups is 4. The molecule has 0 aliphatic heterocycles. The zero-order valence-electron chi connectivity index (χ0n) is 23.8. The van der Waals surface area contributed by atoms with Crippen LogP contribution in [0.2, 0.25) is 0 Å². The van der Waals surface area contributed by atoms with Gasteiger partial charge in [0.05, 0.1) is 0 Å². The Morgan fingerprint density at radius 3 is 1.29 bits per heavy atom. The van der Waals surface area contributed by atoms with Crippen LogP contribution in [0.15, 0.2) is 47.6 Å². The molecule has 0 radical (unpaired) electrons. The Balaban J connectivity index is 0. The van der Waals surface area contributed by atoms with Gasteiger partial charge in [-0.15, -0.1) is 0 Å². The second-order valence-corrected chi connectivity index (χ2v) is 9.83. The third kappa shape index (κ3) is 16.5. The highest BCUT2D eigenvalue weighted by molar-refractivity contribution is 5.71. The Hall–Kier alpha value is -3.24. The number of esters is 2. The van der Waals surface area contributed by atoms with Crippen molar-refractivity contribution in [2.45, 2.75) is 103 Å². The average Bonchev–Trinajstić information content (AvgIpc) is 2.73. The summed E-state index contributed by atoms with van der Waals surface area (Å²) in [5, 5.41) is 20.4. The molecule has 10 nitrogen and oxygen atoms in total. The smallest absolute Gasteiger partial charge is 0.306 e. The van der Waals surface area contributed by atoms with Gasteiger partial charge in [-0.3, -0.25) is 9.59 Å². The van der Waals surface area contributed by atoms with Crippen molar-refractivity contribution in [2.75, 3.05) is 0 Å². The van der Waals surface area contributed by atoms with Gasteiger partial charge >= 0.3 is 11.9 Å². The van der Waals surface area contributed by atoms with Crippen LogP contribution >= 0.6 is 0 Å². The van der Waals surface area contributed by atoms with E-state index in [2.05, 4.69) is 0 Å². The minimum atomic E-state index is -1.08. The quantitative estimate of drug-likeness (QED) is 0.275. The summed E-state index contributed by atoms with van der Waals surface area (Å²) in [6.45, 7) is 7.74. The van der Waals surface area contributed by atoms with Gasteiger partial charge in [-0.25, -0.2) is 0 Å². The van der Waals surface area contributed by atoms with Crippen molar-refractivity contribution in [3.8, 4) is 0 Å². The molecule has 2 unspecified atom stereocenters. The highest BCUT2D eigenvalue weighted by Crippen LogP contribution is 2.28. The molecule has 0 bridgehead atoms. The molecule has 0 amide bonds. The fourth-order valence-corrected chi connectivity index (χ4v) is 4.01. The summed E-state index contributed by atoms with van der Waals surface area (Å²) < 4.78 is 10.9. The Kier molecular flexibility index (Phi) is 17.6. The number of unbranched alkanes of at least 4 members (excludes halogenated alkanes) is 2. The van der Waals surface area contributed by atoms with Crippen LogP contribution in [0, 0.1) is 0 Å². The molecular weight excluding hydrogens is 492 g/mol. The monoisotopic (exact) mass is 538 g/mol. The molecule has 0 saturated carbocycles. The number of aliphatic carboxylic acids is 2. The maximum absolute atomic E-state index is 11.6. The van der Waals surface area contributed by atoms with Gasteiger partial charge in [-0.05, 0) is 78.4 Å². The van der Waals surface area contributed by atoms with E-state index in [4.69, 9.17) is 9.47 Å². The van der Waals surface area contributed by atoms with Crippen LogP contribution in [0.5, 0.6) is 0 Å². The average molecular weight is 539 g/mol. The third-order valence-electron chi connectivity index (χ3n) is 5.64. The number of hydrogen-bond donors (Lipinski definition) is 2. The van der Waals surface area contributed by atoms with Gasteiger partial charge in [0.25, 0.3) is 0 Å². The molecule has 2 aliphatic rings. The second-order valence-electron chi connectivity index (χ2n) is 9.83. The van der Waals surface area contributed by atoms with Crippen molar-refractivity contribution < 1.29 is 38.9 Å². The first-order valence-electron chi connectivity index (χ1n) is 12.4. The molecule has 2 atom stereocenters. The summed E-state index contributed by atoms with van der Waals surface area (Å²) in [6.07, 6.45) is 15.3. The van der Waals surface area contributed by atoms with Crippen LogP contribution in [-0.2, 0) is 28.7 Å². The molecule has 38 heavy (non-hydrogen) atoms. The minimum Gasteiger partial charge on any atom is -0.550 e. The molecule has 0 fully saturated rings. The molecule has 10 heteroatoms. The molecule has 8 N–H and O–H groups in total. The van der Waals surface area contributed by atoms with E-state index >= 15 is 0 Å². The highest BCUT2D eigenvalue weighted by atomic mass is 16.6. The molecule has 0 heterocycles. The molecule has 0 aromatic rings. The topological polar surface area (TPSA) is 206 Å². The Bertz CT molecular complexity index is 848. The highest BCUT2D eigenvalue weighted by Gasteiger charge is 2.28. The summed E-state index contributed by atoms with van der Waals surface area (Å²) >= 11 is 0. The van der Waals surface area contributed by atoms with E-state index in [9.17, 15) is 29.4 Å². The van der Waals surface area contributed by atoms with E-state index < -0.39 is 23.1 Å². The Morgan fingerprint density at radius 2 is 1.00 bits per heavy atom. The first-order chi connectivity index (χ1) is 16.8. The van der Waals surface area contributed by atoms with E-state index in [-0.39, 0.29) is 49.9 Å². The Labute approximate surface area is 226 Å². The fourth-order valence-electron chi connectivity index (χ4n) is 4.01. The normalized spacial score (nSPS) is 21.3. The summed E-state index contributed by atoms with van der Waals surface area (Å²) in [7, 11) is 0. The molecular formula is C28H46N2O8. The van der Waals surface area contributed by atoms with Crippen LogP contribution < -0.4 is 22.5 Å². The van der Waals surface area contributed by atoms with Crippen molar-refractivity contribution in [1.82, 2.24) is 12.3 Å². The van der Waals surface area contributed by atoms with E-state index in [1.165, 1.54) is 11.1 Å². The predicted octanol–water partition coefficient (Wildman–Crippen LogP) is 3.76. The molecule has 0 spiro atoms. The summed E-state index contributed by atoms with van der Waals surface area (Å²) in [6, 6.07) is 0. The molecule has 2 aliphatic carbocycles. The lowest BCUT2D eigenvalue weighted by molar-refractivity contribution is -0.307. The van der Waals surface area contributed by atoms with Gasteiger partial charge in [-0.2, -0.15) is 0 Å². The number of ether oxygens (including phenoxy) is 2. The molecule has 0 saturated heterocycles. The van der Waals surface area contributed by atoms with Crippen LogP contribution in [0.1, 0.15) is 91.9 Å². The lowest BCUT2D eigenvalue weighted by Crippen LogP contribution is -2.31. The molecule has 0 aromatic carbocycles. The largest absolute Gasteiger partial charge is 0.550 e. The number of allylic oxidation sites excluding steroid dienone is 4. The first kappa shape index (κ1) is 36.9. The number of quaternary nitrogens is 2.